The van der Waals surface area contributed by atoms with Crippen molar-refractivity contribution in [3.63, 3.8) is 0 Å². The number of anilines is 1. The Labute approximate surface area is 173 Å². The quantitative estimate of drug-likeness (QED) is 0.693. The van der Waals surface area contributed by atoms with Gasteiger partial charge in [0.2, 0.25) is 15.9 Å². The summed E-state index contributed by atoms with van der Waals surface area (Å²) in [5.74, 6) is -0.430. The lowest BCUT2D eigenvalue weighted by molar-refractivity contribution is -0.116. The summed E-state index contributed by atoms with van der Waals surface area (Å²) in [4.78, 5) is 12.7. The molecule has 1 amide bonds. The fourth-order valence-corrected chi connectivity index (χ4v) is 5.46. The zero-order valence-electron chi connectivity index (χ0n) is 17.4. The van der Waals surface area contributed by atoms with Crippen molar-refractivity contribution in [2.75, 3.05) is 37.4 Å². The van der Waals surface area contributed by atoms with Gasteiger partial charge in [-0.3, -0.25) is 4.79 Å². The third-order valence-electron chi connectivity index (χ3n) is 5.69. The maximum atomic E-state index is 13.1. The predicted molar refractivity (Wildman–Crippen MR) is 112 cm³/mol. The lowest BCUT2D eigenvalue weighted by atomic mass is 10.1. The summed E-state index contributed by atoms with van der Waals surface area (Å²) in [5, 5.41) is 2.87. The second-order valence-corrected chi connectivity index (χ2v) is 10.0. The van der Waals surface area contributed by atoms with Crippen molar-refractivity contribution in [3.05, 3.63) is 29.3 Å². The summed E-state index contributed by atoms with van der Waals surface area (Å²) in [7, 11) is -3.65. The number of amides is 1. The van der Waals surface area contributed by atoms with Crippen LogP contribution in [0.3, 0.4) is 0 Å². The second-order valence-electron chi connectivity index (χ2n) is 7.99. The molecule has 1 aromatic carbocycles. The zero-order valence-corrected chi connectivity index (χ0v) is 18.2. The molecule has 0 spiro atoms. The molecule has 0 bridgehead atoms. The van der Waals surface area contributed by atoms with Crippen molar-refractivity contribution in [2.24, 2.45) is 0 Å². The number of carbonyl (C=O) groups is 1. The standard InChI is InChI=1S/C21H32N2O5S/c1-16-7-5-10-20(17(16)2)22-21(24)14-23(13-18-9-6-12-27-18)29(25,26)15-19-8-3-4-11-28-19/h5,7,10,18-19H,3-4,6,8-9,11-15H2,1-2H3,(H,22,24). The van der Waals surface area contributed by atoms with E-state index in [9.17, 15) is 13.2 Å². The van der Waals surface area contributed by atoms with E-state index < -0.39 is 10.0 Å². The molecule has 8 heteroatoms. The van der Waals surface area contributed by atoms with Gasteiger partial charge in [0.15, 0.2) is 0 Å². The molecule has 2 fully saturated rings. The average molecular weight is 425 g/mol. The Bertz CT molecular complexity index is 799. The predicted octanol–water partition coefficient (Wildman–Crippen LogP) is 2.62. The first-order valence-corrected chi connectivity index (χ1v) is 12.0. The summed E-state index contributed by atoms with van der Waals surface area (Å²) >= 11 is 0. The number of rotatable bonds is 8. The second kappa shape index (κ2) is 10.0. The van der Waals surface area contributed by atoms with Crippen molar-refractivity contribution in [3.8, 4) is 0 Å². The molecule has 2 saturated heterocycles. The Balaban J connectivity index is 1.70. The van der Waals surface area contributed by atoms with Crippen LogP contribution in [0.5, 0.6) is 0 Å². The lowest BCUT2D eigenvalue weighted by Gasteiger charge is -2.28. The molecule has 2 aliphatic rings. The van der Waals surface area contributed by atoms with Gasteiger partial charge in [0.05, 0.1) is 24.5 Å². The Hall–Kier alpha value is -1.48. The van der Waals surface area contributed by atoms with Gasteiger partial charge in [0.1, 0.15) is 0 Å². The van der Waals surface area contributed by atoms with Crippen molar-refractivity contribution in [1.29, 1.82) is 0 Å². The summed E-state index contributed by atoms with van der Waals surface area (Å²) in [5.41, 5.74) is 2.76. The van der Waals surface area contributed by atoms with E-state index >= 15 is 0 Å². The zero-order chi connectivity index (χ0) is 20.9. The molecule has 29 heavy (non-hydrogen) atoms. The number of carbonyl (C=O) groups excluding carboxylic acids is 1. The van der Waals surface area contributed by atoms with Crippen LogP contribution in [-0.4, -0.2) is 62.9 Å². The monoisotopic (exact) mass is 424 g/mol. The summed E-state index contributed by atoms with van der Waals surface area (Å²) in [6.45, 7) is 5.13. The highest BCUT2D eigenvalue weighted by atomic mass is 32.2. The van der Waals surface area contributed by atoms with Gasteiger partial charge in [0.25, 0.3) is 0 Å². The van der Waals surface area contributed by atoms with Gasteiger partial charge in [-0.1, -0.05) is 12.1 Å². The maximum absolute atomic E-state index is 13.1. The normalized spacial score (nSPS) is 22.7. The summed E-state index contributed by atoms with van der Waals surface area (Å²) in [6.07, 6.45) is 3.94. The molecule has 0 aromatic heterocycles. The highest BCUT2D eigenvalue weighted by Gasteiger charge is 2.32. The molecule has 3 rings (SSSR count). The van der Waals surface area contributed by atoms with Crippen LogP contribution in [0.4, 0.5) is 5.69 Å². The van der Waals surface area contributed by atoms with E-state index in [4.69, 9.17) is 9.47 Å². The van der Waals surface area contributed by atoms with E-state index in [-0.39, 0.29) is 37.0 Å². The summed E-state index contributed by atoms with van der Waals surface area (Å²) in [6, 6.07) is 5.68. The topological polar surface area (TPSA) is 84.9 Å². The minimum atomic E-state index is -3.65. The van der Waals surface area contributed by atoms with Gasteiger partial charge in [0, 0.05) is 25.4 Å². The Morgan fingerprint density at radius 3 is 2.52 bits per heavy atom. The van der Waals surface area contributed by atoms with Crippen LogP contribution in [0.1, 0.15) is 43.2 Å². The molecular weight excluding hydrogens is 392 g/mol. The largest absolute Gasteiger partial charge is 0.377 e. The molecule has 0 aliphatic carbocycles. The molecule has 2 unspecified atom stereocenters. The van der Waals surface area contributed by atoms with E-state index in [1.54, 1.807) is 0 Å². The highest BCUT2D eigenvalue weighted by Crippen LogP contribution is 2.21. The first kappa shape index (κ1) is 22.2. The molecule has 2 atom stereocenters. The maximum Gasteiger partial charge on any atom is 0.239 e. The van der Waals surface area contributed by atoms with Gasteiger partial charge in [-0.25, -0.2) is 8.42 Å². The third kappa shape index (κ3) is 6.25. The molecule has 1 N–H and O–H groups in total. The van der Waals surface area contributed by atoms with Crippen LogP contribution in [0.2, 0.25) is 0 Å². The average Bonchev–Trinajstić information content (AvgIpc) is 3.19. The van der Waals surface area contributed by atoms with Gasteiger partial charge in [-0.15, -0.1) is 0 Å². The molecule has 0 saturated carbocycles. The number of ether oxygens (including phenoxy) is 2. The first-order valence-electron chi connectivity index (χ1n) is 10.4. The molecule has 7 nitrogen and oxygen atoms in total. The minimum absolute atomic E-state index is 0.0868. The molecule has 2 heterocycles. The Morgan fingerprint density at radius 2 is 1.83 bits per heavy atom. The van der Waals surface area contributed by atoms with Crippen LogP contribution in [0.15, 0.2) is 18.2 Å². The Morgan fingerprint density at radius 1 is 1.10 bits per heavy atom. The van der Waals surface area contributed by atoms with Crippen LogP contribution < -0.4 is 5.32 Å². The number of nitrogens with one attached hydrogen (secondary N) is 1. The highest BCUT2D eigenvalue weighted by molar-refractivity contribution is 7.89. The van der Waals surface area contributed by atoms with E-state index in [1.807, 2.05) is 32.0 Å². The molecular formula is C21H32N2O5S. The number of sulfonamides is 1. The fourth-order valence-electron chi connectivity index (χ4n) is 3.81. The summed E-state index contributed by atoms with van der Waals surface area (Å²) < 4.78 is 38.8. The van der Waals surface area contributed by atoms with Crippen molar-refractivity contribution in [1.82, 2.24) is 4.31 Å². The SMILES string of the molecule is Cc1cccc(NC(=O)CN(CC2CCCO2)S(=O)(=O)CC2CCCCO2)c1C. The number of hydrogen-bond donors (Lipinski definition) is 1. The van der Waals surface area contributed by atoms with Crippen LogP contribution in [0, 0.1) is 13.8 Å². The van der Waals surface area contributed by atoms with Crippen molar-refractivity contribution >= 4 is 21.6 Å². The number of hydrogen-bond acceptors (Lipinski definition) is 5. The minimum Gasteiger partial charge on any atom is -0.377 e. The van der Waals surface area contributed by atoms with Crippen LogP contribution >= 0.6 is 0 Å². The van der Waals surface area contributed by atoms with E-state index in [1.165, 1.54) is 4.31 Å². The van der Waals surface area contributed by atoms with Gasteiger partial charge >= 0.3 is 0 Å². The fraction of sp³-hybridized carbons (Fsp3) is 0.667. The van der Waals surface area contributed by atoms with Crippen molar-refractivity contribution < 1.29 is 22.7 Å². The molecule has 2 aliphatic heterocycles. The van der Waals surface area contributed by atoms with Gasteiger partial charge in [-0.2, -0.15) is 4.31 Å². The van der Waals surface area contributed by atoms with E-state index in [0.29, 0.717) is 18.9 Å². The van der Waals surface area contributed by atoms with Crippen molar-refractivity contribution in [2.45, 2.75) is 58.2 Å². The third-order valence-corrected chi connectivity index (χ3v) is 7.55. The van der Waals surface area contributed by atoms with Crippen LogP contribution in [0.25, 0.3) is 0 Å². The van der Waals surface area contributed by atoms with E-state index in [0.717, 1.165) is 43.2 Å². The van der Waals surface area contributed by atoms with Gasteiger partial charge < -0.3 is 14.8 Å². The van der Waals surface area contributed by atoms with E-state index in [2.05, 4.69) is 5.32 Å². The Kier molecular flexibility index (Phi) is 7.67. The lowest BCUT2D eigenvalue weighted by Crippen LogP contribution is -2.45. The van der Waals surface area contributed by atoms with Gasteiger partial charge in [-0.05, 0) is 63.1 Å². The first-order chi connectivity index (χ1) is 13.8. The molecule has 1 aromatic rings. The molecule has 162 valence electrons. The number of nitrogens with zero attached hydrogens (tertiary/aromatic N) is 1. The molecule has 0 radical (unpaired) electrons. The van der Waals surface area contributed by atoms with Crippen LogP contribution in [-0.2, 0) is 24.3 Å². The smallest absolute Gasteiger partial charge is 0.239 e. The number of benzene rings is 1. The number of aryl methyl sites for hydroxylation is 1.